The highest BCUT2D eigenvalue weighted by molar-refractivity contribution is 5.73. The zero-order chi connectivity index (χ0) is 27.1. The van der Waals surface area contributed by atoms with Crippen molar-refractivity contribution in [1.82, 2.24) is 24.2 Å². The van der Waals surface area contributed by atoms with Crippen LogP contribution >= 0.6 is 0 Å². The van der Waals surface area contributed by atoms with Crippen LogP contribution in [0, 0.1) is 0 Å². The Labute approximate surface area is 201 Å². The molecule has 0 amide bonds. The van der Waals surface area contributed by atoms with Crippen molar-refractivity contribution in [3.05, 3.63) is 36.2 Å². The number of carboxylic acids is 2. The van der Waals surface area contributed by atoms with Crippen LogP contribution < -0.4 is 0 Å². The molecule has 2 aromatic heterocycles. The van der Waals surface area contributed by atoms with E-state index in [9.17, 15) is 26.3 Å². The van der Waals surface area contributed by atoms with Crippen LogP contribution in [0.5, 0.6) is 0 Å². The molecular formula is C20H25F6N5O5. The lowest BCUT2D eigenvalue weighted by atomic mass is 10.0. The van der Waals surface area contributed by atoms with Gasteiger partial charge in [0, 0.05) is 44.7 Å². The third-order valence-corrected chi connectivity index (χ3v) is 5.45. The third-order valence-electron chi connectivity index (χ3n) is 5.45. The van der Waals surface area contributed by atoms with Gasteiger partial charge in [-0.25, -0.2) is 14.6 Å². The summed E-state index contributed by atoms with van der Waals surface area (Å²) in [6.45, 7) is 6.99. The van der Waals surface area contributed by atoms with Crippen molar-refractivity contribution >= 4 is 11.9 Å². The van der Waals surface area contributed by atoms with E-state index in [-0.39, 0.29) is 0 Å². The molecule has 0 radical (unpaired) electrons. The zero-order valence-electron chi connectivity index (χ0n) is 19.0. The molecule has 16 heteroatoms. The molecule has 0 aliphatic carbocycles. The number of carboxylic acid groups (broad SMARTS) is 2. The summed E-state index contributed by atoms with van der Waals surface area (Å²) in [5.74, 6) is -4.32. The van der Waals surface area contributed by atoms with Crippen LogP contribution in [0.4, 0.5) is 26.3 Å². The second-order valence-corrected chi connectivity index (χ2v) is 7.83. The molecule has 0 saturated carbocycles. The number of nitrogens with zero attached hydrogens (tertiary/aromatic N) is 5. The molecule has 2 aliphatic rings. The van der Waals surface area contributed by atoms with Crippen molar-refractivity contribution in [2.24, 2.45) is 0 Å². The number of imidazole rings is 1. The van der Waals surface area contributed by atoms with E-state index in [1.54, 1.807) is 0 Å². The Morgan fingerprint density at radius 3 is 2.08 bits per heavy atom. The maximum atomic E-state index is 10.6. The summed E-state index contributed by atoms with van der Waals surface area (Å²) in [6.07, 6.45) is -2.04. The lowest BCUT2D eigenvalue weighted by Gasteiger charge is -2.41. The molecule has 10 nitrogen and oxygen atoms in total. The number of carbonyl (C=O) groups is 2. The number of aliphatic carboxylic acids is 2. The first-order valence-electron chi connectivity index (χ1n) is 10.7. The molecule has 4 rings (SSSR count). The number of ether oxygens (including phenoxy) is 1. The summed E-state index contributed by atoms with van der Waals surface area (Å²) in [5, 5.41) is 18.5. The topological polar surface area (TPSA) is 123 Å². The lowest BCUT2D eigenvalue weighted by Crippen LogP contribution is -2.46. The van der Waals surface area contributed by atoms with Gasteiger partial charge in [-0.1, -0.05) is 0 Å². The smallest absolute Gasteiger partial charge is 0.475 e. The molecule has 1 unspecified atom stereocenters. The first-order valence-corrected chi connectivity index (χ1v) is 10.7. The summed E-state index contributed by atoms with van der Waals surface area (Å²) in [7, 11) is 0. The van der Waals surface area contributed by atoms with Crippen molar-refractivity contribution in [2.75, 3.05) is 19.8 Å². The van der Waals surface area contributed by atoms with Crippen LogP contribution in [-0.2, 0) is 27.4 Å². The SMILES string of the molecule is CC1c2ncc(Cn3cccn3)n2CCN1C1CCOCC1.O=C(O)C(F)(F)F.O=C(O)C(F)(F)F. The van der Waals surface area contributed by atoms with E-state index in [1.165, 1.54) is 11.5 Å². The molecule has 2 aromatic rings. The van der Waals surface area contributed by atoms with Gasteiger partial charge in [0.2, 0.25) is 0 Å². The second kappa shape index (κ2) is 12.2. The Morgan fingerprint density at radius 1 is 1.06 bits per heavy atom. The highest BCUT2D eigenvalue weighted by atomic mass is 19.4. The number of aromatic nitrogens is 4. The van der Waals surface area contributed by atoms with Gasteiger partial charge in [-0.05, 0) is 25.8 Å². The highest BCUT2D eigenvalue weighted by Crippen LogP contribution is 2.30. The number of hydrogen-bond donors (Lipinski definition) is 2. The molecule has 2 aliphatic heterocycles. The van der Waals surface area contributed by atoms with Crippen molar-refractivity contribution in [3.63, 3.8) is 0 Å². The fourth-order valence-electron chi connectivity index (χ4n) is 3.78. The van der Waals surface area contributed by atoms with Crippen LogP contribution in [0.15, 0.2) is 24.7 Å². The van der Waals surface area contributed by atoms with E-state index in [0.717, 1.165) is 45.7 Å². The molecule has 0 aromatic carbocycles. The van der Waals surface area contributed by atoms with Crippen molar-refractivity contribution in [3.8, 4) is 0 Å². The van der Waals surface area contributed by atoms with Gasteiger partial charge in [0.1, 0.15) is 5.82 Å². The van der Waals surface area contributed by atoms with Crippen LogP contribution in [-0.4, -0.2) is 84.5 Å². The molecule has 4 heterocycles. The average molecular weight is 529 g/mol. The van der Waals surface area contributed by atoms with Crippen molar-refractivity contribution in [2.45, 2.75) is 57.3 Å². The summed E-state index contributed by atoms with van der Waals surface area (Å²) in [6, 6.07) is 2.98. The van der Waals surface area contributed by atoms with Gasteiger partial charge in [0.25, 0.3) is 0 Å². The number of hydrogen-bond acceptors (Lipinski definition) is 6. The minimum atomic E-state index is -5.08. The number of rotatable bonds is 3. The van der Waals surface area contributed by atoms with Gasteiger partial charge >= 0.3 is 24.3 Å². The van der Waals surface area contributed by atoms with Crippen molar-refractivity contribution < 1.29 is 50.9 Å². The molecule has 1 fully saturated rings. The van der Waals surface area contributed by atoms with Gasteiger partial charge in [0.15, 0.2) is 0 Å². The molecule has 1 saturated heterocycles. The molecule has 2 N–H and O–H groups in total. The van der Waals surface area contributed by atoms with Gasteiger partial charge in [-0.15, -0.1) is 0 Å². The molecular weight excluding hydrogens is 504 g/mol. The second-order valence-electron chi connectivity index (χ2n) is 7.83. The molecule has 0 spiro atoms. The molecule has 1 atom stereocenters. The van der Waals surface area contributed by atoms with E-state index in [2.05, 4.69) is 21.5 Å². The first kappa shape index (κ1) is 29.1. The maximum Gasteiger partial charge on any atom is 0.490 e. The zero-order valence-corrected chi connectivity index (χ0v) is 19.0. The number of alkyl halides is 6. The molecule has 0 bridgehead atoms. The maximum absolute atomic E-state index is 10.6. The van der Waals surface area contributed by atoms with E-state index in [1.807, 2.05) is 29.3 Å². The van der Waals surface area contributed by atoms with Gasteiger partial charge < -0.3 is 19.5 Å². The molecule has 36 heavy (non-hydrogen) atoms. The van der Waals surface area contributed by atoms with Gasteiger partial charge in [-0.3, -0.25) is 9.58 Å². The normalized spacial score (nSPS) is 18.8. The van der Waals surface area contributed by atoms with Gasteiger partial charge in [-0.2, -0.15) is 31.4 Å². The largest absolute Gasteiger partial charge is 0.490 e. The van der Waals surface area contributed by atoms with E-state index in [0.29, 0.717) is 12.1 Å². The minimum absolute atomic E-state index is 0.378. The summed E-state index contributed by atoms with van der Waals surface area (Å²) in [4.78, 5) is 25.1. The summed E-state index contributed by atoms with van der Waals surface area (Å²) >= 11 is 0. The predicted molar refractivity (Wildman–Crippen MR) is 110 cm³/mol. The summed E-state index contributed by atoms with van der Waals surface area (Å²) < 4.78 is 73.3. The van der Waals surface area contributed by atoms with E-state index >= 15 is 0 Å². The highest BCUT2D eigenvalue weighted by Gasteiger charge is 2.39. The first-order chi connectivity index (χ1) is 16.7. The Bertz CT molecular complexity index is 962. The Morgan fingerprint density at radius 2 is 1.61 bits per heavy atom. The fraction of sp³-hybridized carbons (Fsp3) is 0.600. The van der Waals surface area contributed by atoms with Crippen molar-refractivity contribution in [1.29, 1.82) is 0 Å². The molecule has 202 valence electrons. The predicted octanol–water partition coefficient (Wildman–Crippen LogP) is 2.95. The summed E-state index contributed by atoms with van der Waals surface area (Å²) in [5.41, 5.74) is 1.25. The average Bonchev–Trinajstić information content (AvgIpc) is 3.45. The quantitative estimate of drug-likeness (QED) is 0.582. The Kier molecular flexibility index (Phi) is 9.86. The minimum Gasteiger partial charge on any atom is -0.475 e. The van der Waals surface area contributed by atoms with Crippen LogP contribution in [0.2, 0.25) is 0 Å². The number of halogens is 6. The Hall–Kier alpha value is -3.14. The van der Waals surface area contributed by atoms with Crippen LogP contribution in [0.3, 0.4) is 0 Å². The lowest BCUT2D eigenvalue weighted by molar-refractivity contribution is -0.193. The Balaban J connectivity index is 0.000000271. The van der Waals surface area contributed by atoms with Crippen LogP contribution in [0.25, 0.3) is 0 Å². The van der Waals surface area contributed by atoms with Gasteiger partial charge in [0.05, 0.1) is 24.5 Å². The third kappa shape index (κ3) is 8.22. The van der Waals surface area contributed by atoms with E-state index in [4.69, 9.17) is 29.5 Å². The standard InChI is InChI=1S/C16H23N5O.2C2HF3O2/c1-13-16-17-11-15(12-19-6-2-5-18-19)21(16)8-7-20(13)14-3-9-22-10-4-14;2*3-2(4,5)1(6)7/h2,5-6,11,13-14H,3-4,7-10,12H2,1H3;2*(H,6,7). The number of fused-ring (bicyclic) bond motifs is 1. The van der Waals surface area contributed by atoms with Crippen LogP contribution in [0.1, 0.15) is 37.3 Å². The fourth-order valence-corrected chi connectivity index (χ4v) is 3.78. The van der Waals surface area contributed by atoms with E-state index < -0.39 is 24.3 Å². The monoisotopic (exact) mass is 529 g/mol.